The Balaban J connectivity index is 1.26. The van der Waals surface area contributed by atoms with Crippen LogP contribution >= 0.6 is 11.6 Å². The third-order valence-electron chi connectivity index (χ3n) is 11.9. The van der Waals surface area contributed by atoms with E-state index >= 15 is 0 Å². The summed E-state index contributed by atoms with van der Waals surface area (Å²) in [6, 6.07) is 53.6. The average molecular weight is 872 g/mol. The average Bonchev–Trinajstić information content (AvgIpc) is 3.27. The number of rotatable bonds is 18. The van der Waals surface area contributed by atoms with Crippen molar-refractivity contribution < 1.29 is 33.2 Å². The van der Waals surface area contributed by atoms with E-state index in [-0.39, 0.29) is 31.5 Å². The summed E-state index contributed by atoms with van der Waals surface area (Å²) >= 11 is 6.96. The molecular formula is C53H59ClO7Si. The Morgan fingerprint density at radius 2 is 1.08 bits per heavy atom. The fourth-order valence-corrected chi connectivity index (χ4v) is 8.58. The second-order valence-electron chi connectivity index (χ2n) is 17.6. The molecule has 0 bridgehead atoms. The lowest BCUT2D eigenvalue weighted by atomic mass is 9.86. The number of hydrogen-bond donors (Lipinski definition) is 1. The minimum atomic E-state index is -2.02. The van der Waals surface area contributed by atoms with Crippen LogP contribution in [-0.4, -0.2) is 44.4 Å². The molecule has 0 amide bonds. The van der Waals surface area contributed by atoms with Gasteiger partial charge in [0.2, 0.25) is 14.1 Å². The highest BCUT2D eigenvalue weighted by Gasteiger charge is 2.57. The SMILES string of the molecule is CC(C)(C)[Si](C)(C)Oc1ccc(Cc2cc([C@]3(O)O[C@H](COCc4ccccc4)[C@@H](OCc4ccccc4)[C@H](OCc4ccccc4)[C@H]3OCc3ccccc3)ccc2Cl)cc1. The van der Waals surface area contributed by atoms with Crippen LogP contribution in [0.5, 0.6) is 5.75 Å². The molecule has 0 radical (unpaired) electrons. The molecule has 324 valence electrons. The van der Waals surface area contributed by atoms with Crippen LogP contribution in [0.25, 0.3) is 0 Å². The smallest absolute Gasteiger partial charge is 0.250 e. The van der Waals surface area contributed by atoms with Gasteiger partial charge in [0.1, 0.15) is 30.2 Å². The molecule has 7 nitrogen and oxygen atoms in total. The number of aliphatic hydroxyl groups is 1. The Hall–Kier alpha value is -4.61. The zero-order chi connectivity index (χ0) is 43.6. The van der Waals surface area contributed by atoms with Crippen molar-refractivity contribution in [2.75, 3.05) is 6.61 Å². The van der Waals surface area contributed by atoms with E-state index in [0.717, 1.165) is 39.1 Å². The van der Waals surface area contributed by atoms with Gasteiger partial charge in [0.25, 0.3) is 0 Å². The lowest BCUT2D eigenvalue weighted by Crippen LogP contribution is -2.65. The number of halogens is 1. The molecule has 0 unspecified atom stereocenters. The minimum Gasteiger partial charge on any atom is -0.544 e. The molecule has 0 aliphatic carbocycles. The van der Waals surface area contributed by atoms with E-state index < -0.39 is 38.5 Å². The fraction of sp³-hybridized carbons (Fsp3) is 0.321. The third-order valence-corrected chi connectivity index (χ3v) is 16.6. The Morgan fingerprint density at radius 1 is 0.597 bits per heavy atom. The molecule has 6 aromatic carbocycles. The minimum absolute atomic E-state index is 0.0798. The van der Waals surface area contributed by atoms with Crippen molar-refractivity contribution in [2.45, 2.75) is 102 Å². The molecule has 6 aromatic rings. The maximum absolute atomic E-state index is 13.3. The molecule has 5 atom stereocenters. The standard InChI is InChI=1S/C53H59ClO7Si/c1-52(2,3)62(4,5)61-46-29-26-39(27-30-46)32-44-33-45(28-31-47(44)54)53(55)51(59-37-43-24-16-9-17-25-43)50(58-36-42-22-14-8-15-23-42)49(57-35-41-20-12-7-13-21-41)48(60-53)38-56-34-40-18-10-6-11-19-40/h6-31,33,48-51,55H,32,34-38H2,1-5H3/t48-,49-,50+,51-,53+/m1/s1. The molecule has 1 fully saturated rings. The molecule has 1 aliphatic heterocycles. The Kier molecular flexibility index (Phi) is 15.2. The van der Waals surface area contributed by atoms with Crippen molar-refractivity contribution in [3.8, 4) is 5.75 Å². The van der Waals surface area contributed by atoms with E-state index in [1.54, 1.807) is 0 Å². The molecule has 0 saturated carbocycles. The van der Waals surface area contributed by atoms with Crippen LogP contribution in [0.15, 0.2) is 164 Å². The van der Waals surface area contributed by atoms with Crippen molar-refractivity contribution in [3.05, 3.63) is 208 Å². The van der Waals surface area contributed by atoms with E-state index in [9.17, 15) is 5.11 Å². The van der Waals surface area contributed by atoms with Crippen LogP contribution in [-0.2, 0) is 62.3 Å². The second kappa shape index (κ2) is 20.7. The number of hydrogen-bond acceptors (Lipinski definition) is 7. The molecule has 0 aromatic heterocycles. The summed E-state index contributed by atoms with van der Waals surface area (Å²) in [4.78, 5) is 0. The van der Waals surface area contributed by atoms with E-state index in [4.69, 9.17) is 39.7 Å². The van der Waals surface area contributed by atoms with Gasteiger partial charge in [-0.2, -0.15) is 0 Å². The van der Waals surface area contributed by atoms with Crippen molar-refractivity contribution in [1.29, 1.82) is 0 Å². The van der Waals surface area contributed by atoms with Gasteiger partial charge in [0.15, 0.2) is 0 Å². The molecule has 1 saturated heterocycles. The molecule has 1 N–H and O–H groups in total. The highest BCUT2D eigenvalue weighted by molar-refractivity contribution is 6.74. The van der Waals surface area contributed by atoms with Gasteiger partial charge in [-0.3, -0.25) is 0 Å². The zero-order valence-electron chi connectivity index (χ0n) is 36.4. The molecule has 0 spiro atoms. The zero-order valence-corrected chi connectivity index (χ0v) is 38.2. The first-order valence-corrected chi connectivity index (χ1v) is 24.7. The summed E-state index contributed by atoms with van der Waals surface area (Å²) in [5, 5.41) is 14.0. The van der Waals surface area contributed by atoms with Gasteiger partial charge in [-0.25, -0.2) is 0 Å². The van der Waals surface area contributed by atoms with Crippen molar-refractivity contribution in [2.24, 2.45) is 0 Å². The van der Waals surface area contributed by atoms with Crippen LogP contribution in [0.1, 0.15) is 59.7 Å². The van der Waals surface area contributed by atoms with Crippen LogP contribution in [0.4, 0.5) is 0 Å². The molecular weight excluding hydrogens is 812 g/mol. The van der Waals surface area contributed by atoms with Gasteiger partial charge in [-0.1, -0.05) is 172 Å². The quantitative estimate of drug-likeness (QED) is 0.0862. The van der Waals surface area contributed by atoms with E-state index in [2.05, 4.69) is 46.0 Å². The van der Waals surface area contributed by atoms with Crippen LogP contribution in [0.3, 0.4) is 0 Å². The van der Waals surface area contributed by atoms with Crippen molar-refractivity contribution >= 4 is 19.9 Å². The Morgan fingerprint density at radius 3 is 1.60 bits per heavy atom. The molecule has 7 rings (SSSR count). The first kappa shape index (κ1) is 45.4. The van der Waals surface area contributed by atoms with Crippen molar-refractivity contribution in [3.63, 3.8) is 0 Å². The molecule has 9 heteroatoms. The number of benzene rings is 6. The van der Waals surface area contributed by atoms with Crippen molar-refractivity contribution in [1.82, 2.24) is 0 Å². The summed E-state index contributed by atoms with van der Waals surface area (Å²) in [7, 11) is -2.01. The summed E-state index contributed by atoms with van der Waals surface area (Å²) in [5.74, 6) is -1.17. The summed E-state index contributed by atoms with van der Waals surface area (Å²) < 4.78 is 40.5. The maximum atomic E-state index is 13.3. The lowest BCUT2D eigenvalue weighted by Gasteiger charge is -2.50. The number of ether oxygens (including phenoxy) is 5. The van der Waals surface area contributed by atoms with Gasteiger partial charge in [-0.15, -0.1) is 0 Å². The summed E-state index contributed by atoms with van der Waals surface area (Å²) in [6.07, 6.45) is -2.86. The van der Waals surface area contributed by atoms with Gasteiger partial charge >= 0.3 is 0 Å². The first-order chi connectivity index (χ1) is 29.9. The predicted octanol–water partition coefficient (Wildman–Crippen LogP) is 11.8. The third kappa shape index (κ3) is 11.7. The van der Waals surface area contributed by atoms with Crippen LogP contribution in [0, 0.1) is 0 Å². The Bertz CT molecular complexity index is 2270. The maximum Gasteiger partial charge on any atom is 0.250 e. The molecule has 1 heterocycles. The summed E-state index contributed by atoms with van der Waals surface area (Å²) in [6.45, 7) is 12.4. The van der Waals surface area contributed by atoms with E-state index in [1.807, 2.05) is 152 Å². The monoisotopic (exact) mass is 870 g/mol. The normalized spacial score (nSPS) is 20.5. The van der Waals surface area contributed by atoms with Gasteiger partial charge in [0.05, 0.1) is 33.0 Å². The Labute approximate surface area is 373 Å². The van der Waals surface area contributed by atoms with Crippen LogP contribution in [0.2, 0.25) is 23.2 Å². The van der Waals surface area contributed by atoms with E-state index in [0.29, 0.717) is 23.6 Å². The lowest BCUT2D eigenvalue weighted by molar-refractivity contribution is -0.378. The van der Waals surface area contributed by atoms with Crippen LogP contribution < -0.4 is 4.43 Å². The predicted molar refractivity (Wildman–Crippen MR) is 248 cm³/mol. The fourth-order valence-electron chi connectivity index (χ4n) is 7.36. The van der Waals surface area contributed by atoms with E-state index in [1.165, 1.54) is 0 Å². The molecule has 1 aliphatic rings. The summed E-state index contributed by atoms with van der Waals surface area (Å²) in [5.41, 5.74) is 6.26. The first-order valence-electron chi connectivity index (χ1n) is 21.4. The van der Waals surface area contributed by atoms with Gasteiger partial charge in [0, 0.05) is 10.6 Å². The van der Waals surface area contributed by atoms with Gasteiger partial charge < -0.3 is 33.2 Å². The topological polar surface area (TPSA) is 75.6 Å². The molecule has 62 heavy (non-hydrogen) atoms. The second-order valence-corrected chi connectivity index (χ2v) is 22.7. The highest BCUT2D eigenvalue weighted by Crippen LogP contribution is 2.43. The largest absolute Gasteiger partial charge is 0.544 e. The highest BCUT2D eigenvalue weighted by atomic mass is 35.5. The van der Waals surface area contributed by atoms with Gasteiger partial charge in [-0.05, 0) is 82.2 Å².